The number of anilines is 1. The molecule has 0 aliphatic heterocycles. The van der Waals surface area contributed by atoms with Crippen molar-refractivity contribution in [3.63, 3.8) is 0 Å². The van der Waals surface area contributed by atoms with Crippen molar-refractivity contribution in [3.05, 3.63) is 89.2 Å². The van der Waals surface area contributed by atoms with Gasteiger partial charge in [0.1, 0.15) is 5.82 Å². The van der Waals surface area contributed by atoms with Crippen LogP contribution in [0.3, 0.4) is 0 Å². The number of amides is 1. The van der Waals surface area contributed by atoms with E-state index in [1.165, 1.54) is 28.8 Å². The Bertz CT molecular complexity index is 1190. The van der Waals surface area contributed by atoms with Gasteiger partial charge < -0.3 is 9.47 Å². The van der Waals surface area contributed by atoms with Crippen LogP contribution in [-0.4, -0.2) is 28.3 Å². The number of imidazole rings is 1. The molecule has 0 atom stereocenters. The van der Waals surface area contributed by atoms with Crippen LogP contribution in [0.5, 0.6) is 0 Å². The molecular weight excluding hydrogens is 421 g/mol. The number of hydrogen-bond acceptors (Lipinski definition) is 3. The molecule has 0 aliphatic rings. The summed E-state index contributed by atoms with van der Waals surface area (Å²) in [5.74, 6) is -0.205. The third-order valence-corrected chi connectivity index (χ3v) is 5.96. The molecule has 0 aliphatic carbocycles. The number of thioether (sulfide) groups is 1. The fraction of sp³-hybridized carbons (Fsp3) is 0.130. The van der Waals surface area contributed by atoms with Crippen molar-refractivity contribution in [1.29, 1.82) is 0 Å². The largest absolute Gasteiger partial charge is 0.315 e. The molecule has 0 bridgehead atoms. The highest BCUT2D eigenvalue weighted by Crippen LogP contribution is 2.26. The molecular formula is C23H19ClFN3OS. The first-order chi connectivity index (χ1) is 14.5. The average molecular weight is 440 g/mol. The second-order valence-electron chi connectivity index (χ2n) is 6.82. The van der Waals surface area contributed by atoms with Gasteiger partial charge in [0, 0.05) is 17.8 Å². The number of para-hydroxylation sites is 2. The van der Waals surface area contributed by atoms with Crippen LogP contribution in [0.4, 0.5) is 10.1 Å². The molecule has 0 saturated carbocycles. The van der Waals surface area contributed by atoms with Gasteiger partial charge in [0.2, 0.25) is 5.91 Å². The highest BCUT2D eigenvalue weighted by atomic mass is 35.5. The van der Waals surface area contributed by atoms with E-state index in [4.69, 9.17) is 16.6 Å². The Hall–Kier alpha value is -2.83. The van der Waals surface area contributed by atoms with Gasteiger partial charge in [0.05, 0.1) is 23.3 Å². The molecule has 0 fully saturated rings. The minimum absolute atomic E-state index is 0.0898. The van der Waals surface area contributed by atoms with E-state index in [1.54, 1.807) is 19.2 Å². The van der Waals surface area contributed by atoms with Crippen molar-refractivity contribution < 1.29 is 9.18 Å². The van der Waals surface area contributed by atoms with Crippen LogP contribution in [-0.2, 0) is 11.3 Å². The summed E-state index contributed by atoms with van der Waals surface area (Å²) >= 11 is 7.53. The second kappa shape index (κ2) is 8.90. The first-order valence-electron chi connectivity index (χ1n) is 9.36. The molecule has 0 N–H and O–H groups in total. The number of halogens is 2. The van der Waals surface area contributed by atoms with Crippen LogP contribution in [0.15, 0.2) is 78.0 Å². The van der Waals surface area contributed by atoms with E-state index in [0.717, 1.165) is 21.8 Å². The Morgan fingerprint density at radius 3 is 2.63 bits per heavy atom. The van der Waals surface area contributed by atoms with E-state index in [9.17, 15) is 9.18 Å². The molecule has 0 spiro atoms. The van der Waals surface area contributed by atoms with E-state index in [0.29, 0.717) is 17.3 Å². The maximum atomic E-state index is 13.1. The molecule has 1 aromatic heterocycles. The van der Waals surface area contributed by atoms with Gasteiger partial charge in [-0.2, -0.15) is 0 Å². The number of carbonyl (C=O) groups is 1. The topological polar surface area (TPSA) is 38.1 Å². The molecule has 1 heterocycles. The van der Waals surface area contributed by atoms with Crippen LogP contribution in [0, 0.1) is 5.82 Å². The minimum atomic E-state index is -0.330. The van der Waals surface area contributed by atoms with Crippen molar-refractivity contribution in [1.82, 2.24) is 9.55 Å². The predicted octanol–water partition coefficient (Wildman–Crippen LogP) is 5.63. The highest BCUT2D eigenvalue weighted by molar-refractivity contribution is 7.99. The zero-order chi connectivity index (χ0) is 21.1. The number of fused-ring (bicyclic) bond motifs is 1. The standard InChI is InChI=1S/C23H19ClFN3OS/c1-27(19-11-9-18(25)10-12-19)22(29)15-30-23-26-20-7-2-3-8-21(20)28(23)14-16-5-4-6-17(24)13-16/h2-13H,14-15H2,1H3. The van der Waals surface area contributed by atoms with Gasteiger partial charge >= 0.3 is 0 Å². The first-order valence-corrected chi connectivity index (χ1v) is 10.7. The summed E-state index contributed by atoms with van der Waals surface area (Å²) < 4.78 is 15.2. The fourth-order valence-electron chi connectivity index (χ4n) is 3.17. The quantitative estimate of drug-likeness (QED) is 0.365. The molecule has 0 unspecified atom stereocenters. The molecule has 4 aromatic rings. The first kappa shape index (κ1) is 20.4. The van der Waals surface area contributed by atoms with Crippen molar-refractivity contribution in [2.24, 2.45) is 0 Å². The lowest BCUT2D eigenvalue weighted by atomic mass is 10.2. The number of nitrogens with zero attached hydrogens (tertiary/aromatic N) is 3. The van der Waals surface area contributed by atoms with E-state index < -0.39 is 0 Å². The van der Waals surface area contributed by atoms with E-state index in [-0.39, 0.29) is 17.5 Å². The van der Waals surface area contributed by atoms with Crippen LogP contribution in [0.1, 0.15) is 5.56 Å². The predicted molar refractivity (Wildman–Crippen MR) is 121 cm³/mol. The second-order valence-corrected chi connectivity index (χ2v) is 8.20. The minimum Gasteiger partial charge on any atom is -0.315 e. The van der Waals surface area contributed by atoms with Crippen molar-refractivity contribution in [3.8, 4) is 0 Å². The summed E-state index contributed by atoms with van der Waals surface area (Å²) in [7, 11) is 1.69. The van der Waals surface area contributed by atoms with Gasteiger partial charge in [-0.15, -0.1) is 0 Å². The summed E-state index contributed by atoms with van der Waals surface area (Å²) in [6, 6.07) is 21.5. The van der Waals surface area contributed by atoms with Crippen LogP contribution in [0.2, 0.25) is 5.02 Å². The molecule has 4 rings (SSSR count). The molecule has 3 aromatic carbocycles. The Labute approximate surface area is 183 Å². The molecule has 152 valence electrons. The number of hydrogen-bond donors (Lipinski definition) is 0. The van der Waals surface area contributed by atoms with Crippen LogP contribution >= 0.6 is 23.4 Å². The van der Waals surface area contributed by atoms with Gasteiger partial charge in [-0.05, 0) is 54.1 Å². The monoisotopic (exact) mass is 439 g/mol. The maximum absolute atomic E-state index is 13.1. The van der Waals surface area contributed by atoms with Gasteiger partial charge in [0.25, 0.3) is 0 Å². The van der Waals surface area contributed by atoms with E-state index in [2.05, 4.69) is 4.57 Å². The number of aromatic nitrogens is 2. The SMILES string of the molecule is CN(C(=O)CSc1nc2ccccc2n1Cc1cccc(Cl)c1)c1ccc(F)cc1. The maximum Gasteiger partial charge on any atom is 0.237 e. The van der Waals surface area contributed by atoms with Gasteiger partial charge in [-0.3, -0.25) is 4.79 Å². The smallest absolute Gasteiger partial charge is 0.237 e. The summed E-state index contributed by atoms with van der Waals surface area (Å²) in [6.07, 6.45) is 0. The van der Waals surface area contributed by atoms with Crippen LogP contribution in [0.25, 0.3) is 11.0 Å². The summed E-state index contributed by atoms with van der Waals surface area (Å²) in [5, 5.41) is 1.44. The van der Waals surface area contributed by atoms with Gasteiger partial charge in [0.15, 0.2) is 5.16 Å². The van der Waals surface area contributed by atoms with Crippen molar-refractivity contribution >= 4 is 46.0 Å². The summed E-state index contributed by atoms with van der Waals surface area (Å²) in [6.45, 7) is 0.603. The Morgan fingerprint density at radius 2 is 1.87 bits per heavy atom. The number of benzene rings is 3. The zero-order valence-corrected chi connectivity index (χ0v) is 17.8. The molecule has 1 amide bonds. The van der Waals surface area contributed by atoms with E-state index in [1.807, 2.05) is 48.5 Å². The summed E-state index contributed by atoms with van der Waals surface area (Å²) in [4.78, 5) is 18.9. The van der Waals surface area contributed by atoms with E-state index >= 15 is 0 Å². The zero-order valence-electron chi connectivity index (χ0n) is 16.3. The molecule has 7 heteroatoms. The normalized spacial score (nSPS) is 11.0. The molecule has 4 nitrogen and oxygen atoms in total. The molecule has 0 saturated heterocycles. The Balaban J connectivity index is 1.56. The Kier molecular flexibility index (Phi) is 6.06. The third kappa shape index (κ3) is 4.50. The lowest BCUT2D eigenvalue weighted by Gasteiger charge is -2.17. The highest BCUT2D eigenvalue weighted by Gasteiger charge is 2.16. The lowest BCUT2D eigenvalue weighted by molar-refractivity contribution is -0.115. The van der Waals surface area contributed by atoms with Gasteiger partial charge in [-0.1, -0.05) is 47.6 Å². The third-order valence-electron chi connectivity index (χ3n) is 4.76. The van der Waals surface area contributed by atoms with Gasteiger partial charge in [-0.25, -0.2) is 9.37 Å². The Morgan fingerprint density at radius 1 is 1.10 bits per heavy atom. The number of rotatable bonds is 6. The van der Waals surface area contributed by atoms with Crippen LogP contribution < -0.4 is 4.90 Å². The molecule has 0 radical (unpaired) electrons. The number of carbonyl (C=O) groups excluding carboxylic acids is 1. The lowest BCUT2D eigenvalue weighted by Crippen LogP contribution is -2.28. The van der Waals surface area contributed by atoms with Crippen molar-refractivity contribution in [2.45, 2.75) is 11.7 Å². The average Bonchev–Trinajstić information content (AvgIpc) is 3.09. The molecule has 30 heavy (non-hydrogen) atoms. The fourth-order valence-corrected chi connectivity index (χ4v) is 4.31. The van der Waals surface area contributed by atoms with Crippen molar-refractivity contribution in [2.75, 3.05) is 17.7 Å². The summed E-state index contributed by atoms with van der Waals surface area (Å²) in [5.41, 5.74) is 3.58.